The Hall–Kier alpha value is -2.22. The molecule has 1 nitrogen and oxygen atoms in total. The molecule has 0 saturated carbocycles. The second-order valence-electron chi connectivity index (χ2n) is 8.92. The third-order valence-corrected chi connectivity index (χ3v) is 6.44. The molecule has 0 aliphatic carbocycles. The molecule has 170 valence electrons. The van der Waals surface area contributed by atoms with Gasteiger partial charge in [0.25, 0.3) is 0 Å². The fourth-order valence-electron chi connectivity index (χ4n) is 3.86. The van der Waals surface area contributed by atoms with Crippen molar-refractivity contribution >= 4 is 23.2 Å². The zero-order chi connectivity index (χ0) is 23.7. The van der Waals surface area contributed by atoms with Gasteiger partial charge in [0, 0.05) is 33.1 Å². The number of halogens is 2. The maximum absolute atomic E-state index is 6.10. The number of benzene rings is 2. The molecule has 0 radical (unpaired) electrons. The maximum atomic E-state index is 6.10. The summed E-state index contributed by atoms with van der Waals surface area (Å²) in [4.78, 5) is 0. The first-order valence-electron chi connectivity index (χ1n) is 11.1. The lowest BCUT2D eigenvalue weighted by atomic mass is 9.81. The summed E-state index contributed by atoms with van der Waals surface area (Å²) in [6.45, 7) is 17.0. The van der Waals surface area contributed by atoms with Gasteiger partial charge in [-0.3, -0.25) is 0 Å². The summed E-state index contributed by atoms with van der Waals surface area (Å²) in [6.07, 6.45) is 9.92. The summed E-state index contributed by atoms with van der Waals surface area (Å²) in [6, 6.07) is 16.4. The molecular formula is C29H35Cl2N. The van der Waals surface area contributed by atoms with Gasteiger partial charge in [-0.1, -0.05) is 98.8 Å². The van der Waals surface area contributed by atoms with Gasteiger partial charge in [-0.15, -0.1) is 0 Å². The van der Waals surface area contributed by atoms with Crippen molar-refractivity contribution in [3.63, 3.8) is 0 Å². The minimum absolute atomic E-state index is 0.111. The summed E-state index contributed by atoms with van der Waals surface area (Å²) in [5.41, 5.74) is 4.69. The van der Waals surface area contributed by atoms with Crippen molar-refractivity contribution in [2.24, 2.45) is 11.3 Å². The molecule has 0 amide bonds. The topological polar surface area (TPSA) is 12.0 Å². The van der Waals surface area contributed by atoms with E-state index < -0.39 is 0 Å². The highest BCUT2D eigenvalue weighted by molar-refractivity contribution is 6.30. The lowest BCUT2D eigenvalue weighted by molar-refractivity contribution is 0.364. The number of nitrogens with one attached hydrogen (secondary N) is 1. The summed E-state index contributed by atoms with van der Waals surface area (Å²) in [7, 11) is 0. The molecule has 0 aliphatic rings. The normalized spacial score (nSPS) is 14.2. The fraction of sp³-hybridized carbons (Fsp3) is 0.310. The van der Waals surface area contributed by atoms with E-state index in [1.807, 2.05) is 36.4 Å². The number of hydrogen-bond donors (Lipinski definition) is 1. The Morgan fingerprint density at radius 2 is 1.53 bits per heavy atom. The van der Waals surface area contributed by atoms with E-state index in [4.69, 9.17) is 23.2 Å². The summed E-state index contributed by atoms with van der Waals surface area (Å²) >= 11 is 12.1. The van der Waals surface area contributed by atoms with E-state index in [2.05, 4.69) is 82.6 Å². The first-order chi connectivity index (χ1) is 15.2. The fourth-order valence-corrected chi connectivity index (χ4v) is 4.11. The van der Waals surface area contributed by atoms with Gasteiger partial charge in [0.1, 0.15) is 0 Å². The van der Waals surface area contributed by atoms with Crippen LogP contribution in [0.25, 0.3) is 0 Å². The van der Waals surface area contributed by atoms with Crippen LogP contribution in [0.3, 0.4) is 0 Å². The first-order valence-corrected chi connectivity index (χ1v) is 11.8. The van der Waals surface area contributed by atoms with E-state index in [0.717, 1.165) is 28.6 Å². The Balaban J connectivity index is 2.21. The van der Waals surface area contributed by atoms with Gasteiger partial charge >= 0.3 is 0 Å². The highest BCUT2D eigenvalue weighted by Crippen LogP contribution is 2.31. The summed E-state index contributed by atoms with van der Waals surface area (Å²) in [5, 5.41) is 5.24. The van der Waals surface area contributed by atoms with Crippen LogP contribution in [-0.4, -0.2) is 6.04 Å². The van der Waals surface area contributed by atoms with Gasteiger partial charge in [0.2, 0.25) is 0 Å². The number of hydrogen-bond acceptors (Lipinski definition) is 1. The predicted molar refractivity (Wildman–Crippen MR) is 142 cm³/mol. The predicted octanol–water partition coefficient (Wildman–Crippen LogP) is 8.60. The minimum Gasteiger partial charge on any atom is -0.385 e. The van der Waals surface area contributed by atoms with Crippen LogP contribution in [0.1, 0.15) is 38.8 Å². The molecule has 3 heteroatoms. The van der Waals surface area contributed by atoms with E-state index in [0.29, 0.717) is 0 Å². The molecule has 0 aromatic heterocycles. The zero-order valence-corrected chi connectivity index (χ0v) is 21.2. The molecule has 2 aromatic carbocycles. The molecule has 2 unspecified atom stereocenters. The molecule has 2 atom stereocenters. The van der Waals surface area contributed by atoms with Crippen LogP contribution in [0, 0.1) is 11.3 Å². The molecular weight excluding hydrogens is 433 g/mol. The molecule has 0 bridgehead atoms. The quantitative estimate of drug-likeness (QED) is 0.326. The van der Waals surface area contributed by atoms with Crippen LogP contribution in [0.2, 0.25) is 10.0 Å². The smallest absolute Gasteiger partial charge is 0.0406 e. The van der Waals surface area contributed by atoms with E-state index in [1.165, 1.54) is 16.7 Å². The third kappa shape index (κ3) is 7.73. The van der Waals surface area contributed by atoms with Crippen molar-refractivity contribution in [3.8, 4) is 0 Å². The van der Waals surface area contributed by atoms with Crippen LogP contribution in [0.4, 0.5) is 0 Å². The molecule has 0 spiro atoms. The van der Waals surface area contributed by atoms with Gasteiger partial charge in [0.05, 0.1) is 0 Å². The van der Waals surface area contributed by atoms with E-state index >= 15 is 0 Å². The highest BCUT2D eigenvalue weighted by Gasteiger charge is 2.27. The van der Waals surface area contributed by atoms with Crippen LogP contribution in [-0.2, 0) is 12.8 Å². The largest absolute Gasteiger partial charge is 0.385 e. The van der Waals surface area contributed by atoms with Gasteiger partial charge in [0.15, 0.2) is 0 Å². The average Bonchev–Trinajstić information content (AvgIpc) is 2.76. The third-order valence-electron chi connectivity index (χ3n) is 5.94. The zero-order valence-electron chi connectivity index (χ0n) is 19.7. The van der Waals surface area contributed by atoms with Gasteiger partial charge in [-0.05, 0) is 67.7 Å². The first kappa shape index (κ1) is 26.0. The summed E-state index contributed by atoms with van der Waals surface area (Å²) < 4.78 is 0. The molecule has 0 aliphatic heterocycles. The van der Waals surface area contributed by atoms with E-state index in [9.17, 15) is 0 Å². The maximum Gasteiger partial charge on any atom is 0.0406 e. The standard InChI is InChI=1S/C29H35Cl2N/c1-7-9-10-25(8-2)28(19-23-11-15-26(30)16-12-23)21(3)32-22(4)29(5,6)20-24-13-17-27(31)18-14-24/h7-18,21,28,32H,1,4,19-20H2,2-3,5-6H3/b10-9-,25-8+. The second kappa shape index (κ2) is 12.1. The lowest BCUT2D eigenvalue weighted by Crippen LogP contribution is -2.39. The minimum atomic E-state index is -0.111. The number of allylic oxidation sites excluding steroid dienone is 5. The molecule has 1 N–H and O–H groups in total. The SMILES string of the molecule is C=C/C=C\C(=C/C)C(Cc1ccc(Cl)cc1)C(C)NC(=C)C(C)(C)Cc1ccc(Cl)cc1. The van der Waals surface area contributed by atoms with E-state index in [-0.39, 0.29) is 17.4 Å². The van der Waals surface area contributed by atoms with Gasteiger partial charge in [-0.25, -0.2) is 0 Å². The van der Waals surface area contributed by atoms with Gasteiger partial charge < -0.3 is 5.32 Å². The van der Waals surface area contributed by atoms with Crippen LogP contribution < -0.4 is 5.32 Å². The molecule has 2 rings (SSSR count). The Bertz CT molecular complexity index is 950. The molecule has 2 aromatic rings. The van der Waals surface area contributed by atoms with Crippen molar-refractivity contribution in [2.75, 3.05) is 0 Å². The number of rotatable bonds is 11. The monoisotopic (exact) mass is 467 g/mol. The van der Waals surface area contributed by atoms with Crippen molar-refractivity contribution in [3.05, 3.63) is 118 Å². The Morgan fingerprint density at radius 3 is 2.03 bits per heavy atom. The van der Waals surface area contributed by atoms with Crippen LogP contribution >= 0.6 is 23.2 Å². The lowest BCUT2D eigenvalue weighted by Gasteiger charge is -2.34. The van der Waals surface area contributed by atoms with Crippen molar-refractivity contribution in [1.29, 1.82) is 0 Å². The molecule has 0 fully saturated rings. The van der Waals surface area contributed by atoms with Gasteiger partial charge in [-0.2, -0.15) is 0 Å². The Kier molecular flexibility index (Phi) is 9.87. The van der Waals surface area contributed by atoms with E-state index in [1.54, 1.807) is 0 Å². The second-order valence-corrected chi connectivity index (χ2v) is 9.79. The molecule has 32 heavy (non-hydrogen) atoms. The van der Waals surface area contributed by atoms with Crippen LogP contribution in [0.5, 0.6) is 0 Å². The summed E-state index contributed by atoms with van der Waals surface area (Å²) in [5.74, 6) is 0.264. The average molecular weight is 469 g/mol. The van der Waals surface area contributed by atoms with Crippen molar-refractivity contribution in [2.45, 2.75) is 46.6 Å². The van der Waals surface area contributed by atoms with Crippen molar-refractivity contribution in [1.82, 2.24) is 5.32 Å². The molecule has 0 heterocycles. The molecule has 0 saturated heterocycles. The Labute approximate surface area is 204 Å². The van der Waals surface area contributed by atoms with Crippen LogP contribution in [0.15, 0.2) is 97.3 Å². The Morgan fingerprint density at radius 1 is 1.00 bits per heavy atom. The highest BCUT2D eigenvalue weighted by atomic mass is 35.5. The van der Waals surface area contributed by atoms with Crippen molar-refractivity contribution < 1.29 is 0 Å².